The standard InChI is InChI=1S/C22H21N5O4S/c1-13(14-7-8-17-18(11-14)31-10-9-30-17)23-19(28)12-32-22-25-24-21-26(2)20(29)15-5-3-4-6-16(15)27(21)22/h3-8,11,13H,9-10,12H2,1-2H3,(H,23,28). The van der Waals surface area contributed by atoms with Crippen molar-refractivity contribution in [2.75, 3.05) is 19.0 Å². The van der Waals surface area contributed by atoms with Crippen LogP contribution in [0.1, 0.15) is 18.5 Å². The molecule has 32 heavy (non-hydrogen) atoms. The molecule has 3 heterocycles. The zero-order valence-corrected chi connectivity index (χ0v) is 18.4. The lowest BCUT2D eigenvalue weighted by Crippen LogP contribution is -2.28. The number of aryl methyl sites for hydroxylation is 1. The van der Waals surface area contributed by atoms with Gasteiger partial charge in [0.2, 0.25) is 11.7 Å². The highest BCUT2D eigenvalue weighted by Crippen LogP contribution is 2.32. The largest absolute Gasteiger partial charge is 0.486 e. The molecule has 1 atom stereocenters. The fourth-order valence-electron chi connectivity index (χ4n) is 3.73. The van der Waals surface area contributed by atoms with Crippen LogP contribution < -0.4 is 20.3 Å². The molecular formula is C22H21N5O4S. The summed E-state index contributed by atoms with van der Waals surface area (Å²) in [7, 11) is 1.66. The fraction of sp³-hybridized carbons (Fsp3) is 0.273. The molecule has 9 nitrogen and oxygen atoms in total. The van der Waals surface area contributed by atoms with Gasteiger partial charge in [-0.25, -0.2) is 0 Å². The number of ether oxygens (including phenoxy) is 2. The molecule has 1 N–H and O–H groups in total. The van der Waals surface area contributed by atoms with Crippen molar-refractivity contribution in [1.82, 2.24) is 24.5 Å². The van der Waals surface area contributed by atoms with Crippen LogP contribution in [0, 0.1) is 0 Å². The Morgan fingerprint density at radius 1 is 1.16 bits per heavy atom. The quantitative estimate of drug-likeness (QED) is 0.465. The van der Waals surface area contributed by atoms with Crippen LogP contribution in [0.15, 0.2) is 52.4 Å². The van der Waals surface area contributed by atoms with Crippen molar-refractivity contribution in [3.05, 3.63) is 58.4 Å². The maximum atomic E-state index is 12.6. The van der Waals surface area contributed by atoms with Gasteiger partial charge in [0.15, 0.2) is 16.7 Å². The van der Waals surface area contributed by atoms with E-state index >= 15 is 0 Å². The minimum absolute atomic E-state index is 0.136. The van der Waals surface area contributed by atoms with E-state index in [1.165, 1.54) is 16.3 Å². The lowest BCUT2D eigenvalue weighted by atomic mass is 10.1. The van der Waals surface area contributed by atoms with Gasteiger partial charge >= 0.3 is 0 Å². The molecule has 5 rings (SSSR count). The molecule has 0 saturated heterocycles. The maximum absolute atomic E-state index is 12.6. The Hall–Kier alpha value is -3.53. The van der Waals surface area contributed by atoms with Crippen LogP contribution in [0.3, 0.4) is 0 Å². The van der Waals surface area contributed by atoms with Crippen molar-refractivity contribution in [2.24, 2.45) is 7.05 Å². The number of thioether (sulfide) groups is 1. The summed E-state index contributed by atoms with van der Waals surface area (Å²) in [6.45, 7) is 2.97. The summed E-state index contributed by atoms with van der Waals surface area (Å²) in [6, 6.07) is 12.8. The normalized spacial score (nSPS) is 13.9. The Morgan fingerprint density at radius 2 is 1.94 bits per heavy atom. The number of para-hydroxylation sites is 1. The molecule has 2 aromatic carbocycles. The molecule has 0 radical (unpaired) electrons. The summed E-state index contributed by atoms with van der Waals surface area (Å²) in [6.07, 6.45) is 0. The molecule has 4 aromatic rings. The van der Waals surface area contributed by atoms with Crippen molar-refractivity contribution in [3.8, 4) is 11.5 Å². The number of aromatic nitrogens is 4. The summed E-state index contributed by atoms with van der Waals surface area (Å²) in [5.41, 5.74) is 1.51. The predicted octanol–water partition coefficient (Wildman–Crippen LogP) is 2.32. The molecule has 0 bridgehead atoms. The number of carbonyl (C=O) groups excluding carboxylic acids is 1. The van der Waals surface area contributed by atoms with Gasteiger partial charge in [-0.1, -0.05) is 30.0 Å². The van der Waals surface area contributed by atoms with E-state index in [0.29, 0.717) is 40.8 Å². The molecule has 1 aliphatic rings. The minimum atomic E-state index is -0.198. The van der Waals surface area contributed by atoms with E-state index in [0.717, 1.165) is 11.3 Å². The monoisotopic (exact) mass is 451 g/mol. The van der Waals surface area contributed by atoms with Crippen molar-refractivity contribution in [3.63, 3.8) is 0 Å². The molecule has 1 unspecified atom stereocenters. The number of carbonyl (C=O) groups is 1. The second kappa shape index (κ2) is 8.19. The van der Waals surface area contributed by atoms with Crippen molar-refractivity contribution in [2.45, 2.75) is 18.1 Å². The molecule has 164 valence electrons. The third kappa shape index (κ3) is 3.56. The average molecular weight is 452 g/mol. The summed E-state index contributed by atoms with van der Waals surface area (Å²) in [4.78, 5) is 25.2. The number of amides is 1. The first-order chi connectivity index (χ1) is 15.5. The zero-order valence-electron chi connectivity index (χ0n) is 17.6. The van der Waals surface area contributed by atoms with E-state index in [-0.39, 0.29) is 23.3 Å². The van der Waals surface area contributed by atoms with Crippen LogP contribution in [0.5, 0.6) is 11.5 Å². The number of hydrogen-bond acceptors (Lipinski definition) is 7. The summed E-state index contributed by atoms with van der Waals surface area (Å²) < 4.78 is 14.4. The lowest BCUT2D eigenvalue weighted by molar-refractivity contribution is -0.119. The minimum Gasteiger partial charge on any atom is -0.486 e. The van der Waals surface area contributed by atoms with Gasteiger partial charge in [0.05, 0.1) is 22.7 Å². The van der Waals surface area contributed by atoms with Gasteiger partial charge in [0, 0.05) is 7.05 Å². The van der Waals surface area contributed by atoms with Gasteiger partial charge in [-0.3, -0.25) is 18.6 Å². The number of benzene rings is 2. The van der Waals surface area contributed by atoms with E-state index in [4.69, 9.17) is 9.47 Å². The highest BCUT2D eigenvalue weighted by atomic mass is 32.2. The van der Waals surface area contributed by atoms with Gasteiger partial charge in [-0.2, -0.15) is 0 Å². The van der Waals surface area contributed by atoms with Gasteiger partial charge in [0.25, 0.3) is 5.56 Å². The second-order valence-electron chi connectivity index (χ2n) is 7.48. The molecule has 0 saturated carbocycles. The van der Waals surface area contributed by atoms with Gasteiger partial charge in [0.1, 0.15) is 13.2 Å². The predicted molar refractivity (Wildman–Crippen MR) is 120 cm³/mol. The molecule has 10 heteroatoms. The van der Waals surface area contributed by atoms with Crippen LogP contribution in [0.25, 0.3) is 16.7 Å². The molecule has 1 amide bonds. The SMILES string of the molecule is CC(NC(=O)CSc1nnc2n(C)c(=O)c3ccccc3n12)c1ccc2c(c1)OCCO2. The molecule has 2 aromatic heterocycles. The molecule has 0 fully saturated rings. The smallest absolute Gasteiger partial charge is 0.262 e. The summed E-state index contributed by atoms with van der Waals surface area (Å²) in [5.74, 6) is 1.86. The Balaban J connectivity index is 1.33. The first-order valence-electron chi connectivity index (χ1n) is 10.2. The first-order valence-corrected chi connectivity index (χ1v) is 11.2. The topological polar surface area (TPSA) is 99.8 Å². The molecule has 0 aliphatic carbocycles. The number of fused-ring (bicyclic) bond motifs is 4. The van der Waals surface area contributed by atoms with Gasteiger partial charge in [-0.15, -0.1) is 10.2 Å². The number of hydrogen-bond donors (Lipinski definition) is 1. The Labute approximate surface area is 187 Å². The number of rotatable bonds is 5. The molecular weight excluding hydrogens is 430 g/mol. The highest BCUT2D eigenvalue weighted by molar-refractivity contribution is 7.99. The van der Waals surface area contributed by atoms with E-state index in [9.17, 15) is 9.59 Å². The van der Waals surface area contributed by atoms with Crippen molar-refractivity contribution >= 4 is 34.3 Å². The Bertz CT molecular complexity index is 1400. The third-order valence-electron chi connectivity index (χ3n) is 5.37. The third-order valence-corrected chi connectivity index (χ3v) is 6.30. The van der Waals surface area contributed by atoms with Crippen LogP contribution in [-0.2, 0) is 11.8 Å². The van der Waals surface area contributed by atoms with E-state index in [2.05, 4.69) is 15.5 Å². The van der Waals surface area contributed by atoms with Gasteiger partial charge in [-0.05, 0) is 36.8 Å². The van der Waals surface area contributed by atoms with Crippen molar-refractivity contribution in [1.29, 1.82) is 0 Å². The molecule has 0 spiro atoms. The zero-order chi connectivity index (χ0) is 22.2. The highest BCUT2D eigenvalue weighted by Gasteiger charge is 2.18. The molecule has 1 aliphatic heterocycles. The van der Waals surface area contributed by atoms with E-state index in [1.807, 2.05) is 43.3 Å². The van der Waals surface area contributed by atoms with Gasteiger partial charge < -0.3 is 14.8 Å². The van der Waals surface area contributed by atoms with E-state index in [1.54, 1.807) is 17.5 Å². The summed E-state index contributed by atoms with van der Waals surface area (Å²) in [5, 5.41) is 12.5. The Kier molecular flexibility index (Phi) is 5.22. The number of nitrogens with zero attached hydrogens (tertiary/aromatic N) is 4. The van der Waals surface area contributed by atoms with Crippen LogP contribution >= 0.6 is 11.8 Å². The lowest BCUT2D eigenvalue weighted by Gasteiger charge is -2.21. The summed E-state index contributed by atoms with van der Waals surface area (Å²) >= 11 is 1.27. The van der Waals surface area contributed by atoms with Crippen LogP contribution in [0.2, 0.25) is 0 Å². The van der Waals surface area contributed by atoms with Crippen molar-refractivity contribution < 1.29 is 14.3 Å². The first kappa shape index (κ1) is 20.4. The average Bonchev–Trinajstić information content (AvgIpc) is 3.25. The second-order valence-corrected chi connectivity index (χ2v) is 8.42. The van der Waals surface area contributed by atoms with Crippen LogP contribution in [0.4, 0.5) is 0 Å². The van der Waals surface area contributed by atoms with Crippen LogP contribution in [-0.4, -0.2) is 44.0 Å². The Morgan fingerprint density at radius 3 is 2.78 bits per heavy atom. The maximum Gasteiger partial charge on any atom is 0.262 e. The van der Waals surface area contributed by atoms with E-state index < -0.39 is 0 Å². The number of nitrogens with one attached hydrogen (secondary N) is 1. The fourth-order valence-corrected chi connectivity index (χ4v) is 4.48.